The van der Waals surface area contributed by atoms with Gasteiger partial charge in [0.2, 0.25) is 11.0 Å². The first-order valence-electron chi connectivity index (χ1n) is 10.2. The molecule has 11 heteroatoms. The largest absolute Gasteiger partial charge is 0.481 e. The molecule has 0 spiro atoms. The van der Waals surface area contributed by atoms with Crippen molar-refractivity contribution in [1.29, 1.82) is 0 Å². The molecule has 1 heterocycles. The van der Waals surface area contributed by atoms with Crippen molar-refractivity contribution in [3.05, 3.63) is 29.6 Å². The van der Waals surface area contributed by atoms with E-state index in [-0.39, 0.29) is 23.6 Å². The Morgan fingerprint density at radius 3 is 2.47 bits per heavy atom. The van der Waals surface area contributed by atoms with Crippen LogP contribution >= 0.6 is 11.5 Å². The summed E-state index contributed by atoms with van der Waals surface area (Å²) in [5.41, 5.74) is 2.05. The van der Waals surface area contributed by atoms with Gasteiger partial charge >= 0.3 is 12.1 Å². The van der Waals surface area contributed by atoms with Gasteiger partial charge in [-0.15, -0.1) is 0 Å². The molecule has 178 valence electrons. The van der Waals surface area contributed by atoms with Crippen molar-refractivity contribution >= 4 is 34.0 Å². The van der Waals surface area contributed by atoms with E-state index in [4.69, 9.17) is 9.84 Å². The summed E-state index contributed by atoms with van der Waals surface area (Å²) in [7, 11) is 1.62. The van der Waals surface area contributed by atoms with E-state index in [1.807, 2.05) is 19.1 Å². The van der Waals surface area contributed by atoms with Crippen LogP contribution in [0.1, 0.15) is 51.4 Å². The van der Waals surface area contributed by atoms with Gasteiger partial charge in [0.15, 0.2) is 0 Å². The summed E-state index contributed by atoms with van der Waals surface area (Å²) >= 11 is 0.619. The molecule has 1 aromatic heterocycles. The zero-order chi connectivity index (χ0) is 24.1. The number of aliphatic carboxylic acids is 1. The third-order valence-electron chi connectivity index (χ3n) is 4.80. The summed E-state index contributed by atoms with van der Waals surface area (Å²) in [6.07, 6.45) is -4.77. The smallest absolute Gasteiger partial charge is 0.452 e. The van der Waals surface area contributed by atoms with Gasteiger partial charge in [0.25, 0.3) is 0 Å². The molecule has 0 aliphatic heterocycles. The molecule has 2 aromatic rings. The Morgan fingerprint density at radius 2 is 1.94 bits per heavy atom. The number of rotatable bonds is 11. The average molecular weight is 475 g/mol. The molecular weight excluding hydrogens is 445 g/mol. The number of carboxylic acids is 1. The van der Waals surface area contributed by atoms with Crippen LogP contribution in [0.4, 0.5) is 29.7 Å². The number of methoxy groups -OCH3 is 1. The van der Waals surface area contributed by atoms with Gasteiger partial charge in [0.05, 0.1) is 23.9 Å². The summed E-state index contributed by atoms with van der Waals surface area (Å²) in [4.78, 5) is 16.8. The van der Waals surface area contributed by atoms with Crippen LogP contribution in [0.25, 0.3) is 0 Å². The van der Waals surface area contributed by atoms with Gasteiger partial charge in [-0.1, -0.05) is 26.8 Å². The average Bonchev–Trinajstić information content (AvgIpc) is 3.15. The van der Waals surface area contributed by atoms with Gasteiger partial charge < -0.3 is 20.1 Å². The van der Waals surface area contributed by atoms with Crippen LogP contribution in [0.3, 0.4) is 0 Å². The topological polar surface area (TPSA) is 87.6 Å². The number of hydrogen-bond acceptors (Lipinski definition) is 7. The van der Waals surface area contributed by atoms with E-state index in [0.29, 0.717) is 36.2 Å². The lowest BCUT2D eigenvalue weighted by molar-refractivity contribution is -0.144. The summed E-state index contributed by atoms with van der Waals surface area (Å²) in [5.74, 6) is -2.09. The van der Waals surface area contributed by atoms with Crippen LogP contribution in [-0.2, 0) is 15.7 Å². The van der Waals surface area contributed by atoms with E-state index < -0.39 is 18.0 Å². The number of carbonyl (C=O) groups is 1. The van der Waals surface area contributed by atoms with Crippen molar-refractivity contribution < 1.29 is 27.8 Å². The third-order valence-corrected chi connectivity index (χ3v) is 5.43. The molecule has 2 rings (SSSR count). The summed E-state index contributed by atoms with van der Waals surface area (Å²) in [6, 6.07) is 5.47. The van der Waals surface area contributed by atoms with E-state index in [0.717, 1.165) is 11.3 Å². The molecule has 32 heavy (non-hydrogen) atoms. The molecule has 0 aliphatic carbocycles. The Hall–Kier alpha value is -2.40. The van der Waals surface area contributed by atoms with E-state index in [1.165, 1.54) is 0 Å². The number of ether oxygens (including phenoxy) is 1. The predicted octanol–water partition coefficient (Wildman–Crippen LogP) is 5.38. The van der Waals surface area contributed by atoms with Crippen LogP contribution < -0.4 is 10.2 Å². The molecule has 2 atom stereocenters. The van der Waals surface area contributed by atoms with Crippen molar-refractivity contribution in [2.24, 2.45) is 5.92 Å². The quantitative estimate of drug-likeness (QED) is 0.452. The van der Waals surface area contributed by atoms with Gasteiger partial charge in [0.1, 0.15) is 0 Å². The molecule has 7 nitrogen and oxygen atoms in total. The molecule has 2 N–H and O–H groups in total. The molecule has 0 radical (unpaired) electrons. The number of anilines is 3. The van der Waals surface area contributed by atoms with E-state index in [1.54, 1.807) is 20.1 Å². The molecule has 0 fully saturated rings. The first-order valence-corrected chi connectivity index (χ1v) is 11.0. The molecule has 0 saturated carbocycles. The second kappa shape index (κ2) is 11.0. The molecule has 0 aliphatic rings. The zero-order valence-electron chi connectivity index (χ0n) is 18.7. The molecular formula is C21H29F3N4O3S. The number of halogens is 3. The summed E-state index contributed by atoms with van der Waals surface area (Å²) in [5, 5.41) is 12.1. The maximum absolute atomic E-state index is 12.9. The number of hydrogen-bond donors (Lipinski definition) is 2. The SMILES string of the molecule is CO[C@H](C)CN(CC(C)C)c1ccc([C@H](C)CC(=O)O)cc1Nc1nc(C(F)(F)F)ns1. The van der Waals surface area contributed by atoms with Crippen LogP contribution in [0.15, 0.2) is 18.2 Å². The number of benzene rings is 1. The normalized spacial score (nSPS) is 13.8. The highest BCUT2D eigenvalue weighted by molar-refractivity contribution is 7.09. The number of nitrogens with one attached hydrogen (secondary N) is 1. The lowest BCUT2D eigenvalue weighted by Gasteiger charge is -2.31. The number of alkyl halides is 3. The van der Waals surface area contributed by atoms with Crippen LogP contribution in [0.2, 0.25) is 0 Å². The fraction of sp³-hybridized carbons (Fsp3) is 0.571. The van der Waals surface area contributed by atoms with Crippen molar-refractivity contribution in [1.82, 2.24) is 9.36 Å². The first-order chi connectivity index (χ1) is 14.9. The Bertz CT molecular complexity index is 905. The van der Waals surface area contributed by atoms with Crippen molar-refractivity contribution in [2.45, 2.75) is 52.3 Å². The number of nitrogens with zero attached hydrogens (tertiary/aromatic N) is 3. The Kier molecular flexibility index (Phi) is 8.85. The van der Waals surface area contributed by atoms with Crippen molar-refractivity contribution in [3.8, 4) is 0 Å². The van der Waals surface area contributed by atoms with E-state index in [9.17, 15) is 18.0 Å². The van der Waals surface area contributed by atoms with Gasteiger partial charge in [0, 0.05) is 31.7 Å². The minimum absolute atomic E-state index is 0.00546. The molecule has 1 aromatic carbocycles. The number of carboxylic acid groups (broad SMARTS) is 1. The Balaban J connectivity index is 2.48. The summed E-state index contributed by atoms with van der Waals surface area (Å²) in [6.45, 7) is 9.12. The zero-order valence-corrected chi connectivity index (χ0v) is 19.5. The highest BCUT2D eigenvalue weighted by Crippen LogP contribution is 2.36. The van der Waals surface area contributed by atoms with Crippen molar-refractivity contribution in [3.63, 3.8) is 0 Å². The highest BCUT2D eigenvalue weighted by atomic mass is 32.1. The van der Waals surface area contributed by atoms with Crippen LogP contribution in [0, 0.1) is 5.92 Å². The maximum Gasteiger partial charge on any atom is 0.452 e. The highest BCUT2D eigenvalue weighted by Gasteiger charge is 2.36. The second-order valence-electron chi connectivity index (χ2n) is 8.17. The first kappa shape index (κ1) is 25.9. The monoisotopic (exact) mass is 474 g/mol. The van der Waals surface area contributed by atoms with Gasteiger partial charge in [-0.25, -0.2) is 0 Å². The molecule has 0 unspecified atom stereocenters. The maximum atomic E-state index is 12.9. The number of aromatic nitrogens is 2. The van der Waals surface area contributed by atoms with Gasteiger partial charge in [-0.3, -0.25) is 4.79 Å². The standard InChI is InChI=1S/C21H29F3N4O3S/c1-12(2)10-28(11-14(4)31-5)17-7-6-15(13(3)8-18(29)30)9-16(17)25-20-26-19(27-32-20)21(22,23)24/h6-7,9,12-14H,8,10-11H2,1-5H3,(H,29,30)(H,25,26,27)/t13-,14-/m1/s1. The fourth-order valence-electron chi connectivity index (χ4n) is 3.22. The predicted molar refractivity (Wildman–Crippen MR) is 119 cm³/mol. The second-order valence-corrected chi connectivity index (χ2v) is 8.92. The third kappa shape index (κ3) is 7.33. The minimum Gasteiger partial charge on any atom is -0.481 e. The van der Waals surface area contributed by atoms with Gasteiger partial charge in [-0.05, 0) is 36.5 Å². The fourth-order valence-corrected chi connectivity index (χ4v) is 3.82. The molecule has 0 saturated heterocycles. The van der Waals surface area contributed by atoms with Crippen molar-refractivity contribution in [2.75, 3.05) is 30.4 Å². The molecule has 0 bridgehead atoms. The Labute approximate surface area is 189 Å². The summed E-state index contributed by atoms with van der Waals surface area (Å²) < 4.78 is 47.6. The van der Waals surface area contributed by atoms with E-state index >= 15 is 0 Å². The van der Waals surface area contributed by atoms with Gasteiger partial charge in [-0.2, -0.15) is 22.5 Å². The lowest BCUT2D eigenvalue weighted by Crippen LogP contribution is -2.35. The lowest BCUT2D eigenvalue weighted by atomic mass is 9.96. The van der Waals surface area contributed by atoms with Crippen LogP contribution in [-0.4, -0.2) is 46.7 Å². The van der Waals surface area contributed by atoms with Crippen LogP contribution in [0.5, 0.6) is 0 Å². The minimum atomic E-state index is -4.63. The van der Waals surface area contributed by atoms with E-state index in [2.05, 4.69) is 33.4 Å². The molecule has 0 amide bonds. The Morgan fingerprint density at radius 1 is 1.25 bits per heavy atom.